The topological polar surface area (TPSA) is 58.4 Å². The molecule has 4 nitrogen and oxygen atoms in total. The van der Waals surface area contributed by atoms with Crippen LogP contribution in [0.5, 0.6) is 0 Å². The second kappa shape index (κ2) is 9.93. The summed E-state index contributed by atoms with van der Waals surface area (Å²) in [5, 5.41) is 3.01. The van der Waals surface area contributed by atoms with Crippen LogP contribution >= 0.6 is 24.8 Å². The van der Waals surface area contributed by atoms with Crippen molar-refractivity contribution in [1.82, 2.24) is 4.90 Å². The molecule has 2 rings (SSSR count). The smallest absolute Gasteiger partial charge is 0.241 e. The Hall–Kier alpha value is -0.970. The molecule has 22 heavy (non-hydrogen) atoms. The van der Waals surface area contributed by atoms with Gasteiger partial charge in [0.05, 0.1) is 6.04 Å². The van der Waals surface area contributed by atoms with E-state index in [1.807, 2.05) is 32.0 Å². The summed E-state index contributed by atoms with van der Waals surface area (Å²) in [5.74, 6) is 0.0561. The Morgan fingerprint density at radius 2 is 1.77 bits per heavy atom. The Morgan fingerprint density at radius 3 is 2.36 bits per heavy atom. The van der Waals surface area contributed by atoms with Gasteiger partial charge in [0.15, 0.2) is 0 Å². The maximum Gasteiger partial charge on any atom is 0.241 e. The second-order valence-electron chi connectivity index (χ2n) is 5.69. The zero-order chi connectivity index (χ0) is 14.5. The lowest BCUT2D eigenvalue weighted by Gasteiger charge is -2.26. The Kier molecular flexibility index (Phi) is 9.49. The van der Waals surface area contributed by atoms with Gasteiger partial charge in [0.2, 0.25) is 5.91 Å². The van der Waals surface area contributed by atoms with Gasteiger partial charge in [-0.15, -0.1) is 24.8 Å². The van der Waals surface area contributed by atoms with Crippen LogP contribution in [0, 0.1) is 6.92 Å². The fourth-order valence-corrected chi connectivity index (χ4v) is 2.66. The van der Waals surface area contributed by atoms with E-state index in [1.165, 1.54) is 25.7 Å². The summed E-state index contributed by atoms with van der Waals surface area (Å²) in [6.45, 7) is 6.00. The molecular weight excluding hydrogens is 321 g/mol. The van der Waals surface area contributed by atoms with Crippen LogP contribution in [0.3, 0.4) is 0 Å². The van der Waals surface area contributed by atoms with E-state index in [2.05, 4.69) is 10.2 Å². The van der Waals surface area contributed by atoms with E-state index in [4.69, 9.17) is 5.73 Å². The van der Waals surface area contributed by atoms with Crippen molar-refractivity contribution in [3.8, 4) is 0 Å². The van der Waals surface area contributed by atoms with Gasteiger partial charge in [-0.05, 0) is 57.5 Å². The molecule has 0 bridgehead atoms. The maximum atomic E-state index is 12.4. The number of nitrogen functional groups attached to an aromatic ring is 1. The molecule has 1 unspecified atom stereocenters. The number of carbonyl (C=O) groups excluding carboxylic acids is 1. The number of halogens is 2. The van der Waals surface area contributed by atoms with Crippen molar-refractivity contribution < 1.29 is 4.79 Å². The Balaban J connectivity index is 0.00000220. The number of benzene rings is 1. The number of anilines is 2. The molecule has 1 heterocycles. The number of nitrogens with two attached hydrogens (primary N) is 1. The molecule has 6 heteroatoms. The highest BCUT2D eigenvalue weighted by atomic mass is 35.5. The van der Waals surface area contributed by atoms with Crippen LogP contribution in [0.4, 0.5) is 11.4 Å². The third-order valence-corrected chi connectivity index (χ3v) is 4.09. The summed E-state index contributed by atoms with van der Waals surface area (Å²) in [5.41, 5.74) is 8.31. The molecule has 1 aliphatic rings. The standard InChI is InChI=1S/C16H25N3O.2ClH/c1-12-7-8-14(17)11-15(12)18-16(20)13(2)19-9-5-3-4-6-10-19;;/h7-8,11,13H,3-6,9-10,17H2,1-2H3,(H,18,20);2*1H. The minimum atomic E-state index is -0.0890. The lowest BCUT2D eigenvalue weighted by molar-refractivity contribution is -0.120. The first kappa shape index (κ1) is 21.0. The number of hydrogen-bond donors (Lipinski definition) is 2. The first-order valence-corrected chi connectivity index (χ1v) is 7.49. The fraction of sp³-hybridized carbons (Fsp3) is 0.562. The fourth-order valence-electron chi connectivity index (χ4n) is 2.66. The minimum Gasteiger partial charge on any atom is -0.399 e. The van der Waals surface area contributed by atoms with Gasteiger partial charge in [-0.3, -0.25) is 9.69 Å². The average molecular weight is 348 g/mol. The molecule has 3 N–H and O–H groups in total. The molecule has 0 spiro atoms. The quantitative estimate of drug-likeness (QED) is 0.820. The number of nitrogens with zero attached hydrogens (tertiary/aromatic N) is 1. The maximum absolute atomic E-state index is 12.4. The van der Waals surface area contributed by atoms with E-state index in [-0.39, 0.29) is 36.8 Å². The largest absolute Gasteiger partial charge is 0.399 e. The van der Waals surface area contributed by atoms with Crippen LogP contribution in [0.1, 0.15) is 38.2 Å². The molecule has 0 aliphatic carbocycles. The Morgan fingerprint density at radius 1 is 1.18 bits per heavy atom. The highest BCUT2D eigenvalue weighted by molar-refractivity contribution is 5.95. The van der Waals surface area contributed by atoms with Crippen LogP contribution in [0.15, 0.2) is 18.2 Å². The first-order chi connectivity index (χ1) is 9.58. The summed E-state index contributed by atoms with van der Waals surface area (Å²) >= 11 is 0. The van der Waals surface area contributed by atoms with Crippen LogP contribution < -0.4 is 11.1 Å². The van der Waals surface area contributed by atoms with Gasteiger partial charge in [-0.1, -0.05) is 18.9 Å². The molecule has 1 aromatic rings. The number of amides is 1. The van der Waals surface area contributed by atoms with Crippen molar-refractivity contribution in [3.63, 3.8) is 0 Å². The van der Waals surface area contributed by atoms with Gasteiger partial charge < -0.3 is 11.1 Å². The molecule has 0 radical (unpaired) electrons. The van der Waals surface area contributed by atoms with Gasteiger partial charge in [0, 0.05) is 11.4 Å². The normalized spacial score (nSPS) is 16.6. The highest BCUT2D eigenvalue weighted by Crippen LogP contribution is 2.19. The Labute approximate surface area is 145 Å². The number of carbonyl (C=O) groups is 1. The van der Waals surface area contributed by atoms with Crippen molar-refractivity contribution in [2.24, 2.45) is 0 Å². The third-order valence-electron chi connectivity index (χ3n) is 4.09. The van der Waals surface area contributed by atoms with Crippen LogP contribution in [-0.2, 0) is 4.79 Å². The van der Waals surface area contributed by atoms with Crippen LogP contribution in [0.25, 0.3) is 0 Å². The summed E-state index contributed by atoms with van der Waals surface area (Å²) in [7, 11) is 0. The predicted octanol–water partition coefficient (Wildman–Crippen LogP) is 3.62. The molecule has 126 valence electrons. The lowest BCUT2D eigenvalue weighted by Crippen LogP contribution is -2.42. The minimum absolute atomic E-state index is 0. The van der Waals surface area contributed by atoms with Gasteiger partial charge in [0.25, 0.3) is 0 Å². The predicted molar refractivity (Wildman–Crippen MR) is 98.2 cm³/mol. The summed E-state index contributed by atoms with van der Waals surface area (Å²) in [4.78, 5) is 14.7. The third kappa shape index (κ3) is 5.67. The molecule has 1 fully saturated rings. The van der Waals surface area contributed by atoms with E-state index >= 15 is 0 Å². The molecule has 1 saturated heterocycles. The molecule has 1 aliphatic heterocycles. The SMILES string of the molecule is Cc1ccc(N)cc1NC(=O)C(C)N1CCCCCC1.Cl.Cl. The number of hydrogen-bond acceptors (Lipinski definition) is 3. The van der Waals surface area contributed by atoms with Crippen molar-refractivity contribution in [2.75, 3.05) is 24.1 Å². The molecule has 1 atom stereocenters. The van der Waals surface area contributed by atoms with Gasteiger partial charge in [-0.2, -0.15) is 0 Å². The van der Waals surface area contributed by atoms with Gasteiger partial charge in [-0.25, -0.2) is 0 Å². The van der Waals surface area contributed by atoms with Crippen LogP contribution in [0.2, 0.25) is 0 Å². The van der Waals surface area contributed by atoms with Crippen molar-refractivity contribution in [3.05, 3.63) is 23.8 Å². The van der Waals surface area contributed by atoms with Gasteiger partial charge in [0.1, 0.15) is 0 Å². The number of nitrogens with one attached hydrogen (secondary N) is 1. The molecule has 1 amide bonds. The first-order valence-electron chi connectivity index (χ1n) is 7.49. The van der Waals surface area contributed by atoms with E-state index in [9.17, 15) is 4.79 Å². The van der Waals surface area contributed by atoms with E-state index in [1.54, 1.807) is 0 Å². The highest BCUT2D eigenvalue weighted by Gasteiger charge is 2.22. The molecular formula is C16H27Cl2N3O. The number of aryl methyl sites for hydroxylation is 1. The summed E-state index contributed by atoms with van der Waals surface area (Å²) in [6, 6.07) is 5.52. The van der Waals surface area contributed by atoms with Gasteiger partial charge >= 0.3 is 0 Å². The van der Waals surface area contributed by atoms with Crippen LogP contribution in [-0.4, -0.2) is 29.9 Å². The monoisotopic (exact) mass is 347 g/mol. The number of likely N-dealkylation sites (tertiary alicyclic amines) is 1. The van der Waals surface area contributed by atoms with Crippen molar-refractivity contribution >= 4 is 42.1 Å². The average Bonchev–Trinajstić information content (AvgIpc) is 2.71. The lowest BCUT2D eigenvalue weighted by atomic mass is 10.1. The van der Waals surface area contributed by atoms with Crippen molar-refractivity contribution in [2.45, 2.75) is 45.6 Å². The summed E-state index contributed by atoms with van der Waals surface area (Å²) < 4.78 is 0. The summed E-state index contributed by atoms with van der Waals surface area (Å²) in [6.07, 6.45) is 4.93. The van der Waals surface area contributed by atoms with E-state index in [0.29, 0.717) is 5.69 Å². The zero-order valence-electron chi connectivity index (χ0n) is 13.3. The second-order valence-corrected chi connectivity index (χ2v) is 5.69. The Bertz CT molecular complexity index is 474. The zero-order valence-corrected chi connectivity index (χ0v) is 14.9. The van der Waals surface area contributed by atoms with E-state index < -0.39 is 0 Å². The number of rotatable bonds is 3. The van der Waals surface area contributed by atoms with Crippen molar-refractivity contribution in [1.29, 1.82) is 0 Å². The molecule has 0 saturated carbocycles. The van der Waals surface area contributed by atoms with E-state index in [0.717, 1.165) is 24.3 Å². The molecule has 0 aromatic heterocycles. The molecule has 1 aromatic carbocycles.